The molecule has 0 saturated carbocycles. The van der Waals surface area contributed by atoms with Crippen LogP contribution in [-0.4, -0.2) is 42.1 Å². The second-order valence-electron chi connectivity index (χ2n) is 6.72. The molecule has 1 fully saturated rings. The normalized spacial score (nSPS) is 16.6. The zero-order valence-electron chi connectivity index (χ0n) is 15.7. The van der Waals surface area contributed by atoms with Gasteiger partial charge in [0.2, 0.25) is 0 Å². The number of hydrogen-bond donors (Lipinski definition) is 1. The minimum atomic E-state index is -0.208. The van der Waals surface area contributed by atoms with E-state index >= 15 is 0 Å². The van der Waals surface area contributed by atoms with Gasteiger partial charge in [0.05, 0.1) is 13.3 Å². The fourth-order valence-electron chi connectivity index (χ4n) is 3.41. The minimum Gasteiger partial charge on any atom is -0.497 e. The molecule has 1 aliphatic heterocycles. The lowest BCUT2D eigenvalue weighted by Crippen LogP contribution is -2.48. The van der Waals surface area contributed by atoms with Crippen LogP contribution in [0.5, 0.6) is 5.75 Å². The highest BCUT2D eigenvalue weighted by Crippen LogP contribution is 2.26. The van der Waals surface area contributed by atoms with Crippen molar-refractivity contribution in [1.29, 1.82) is 0 Å². The van der Waals surface area contributed by atoms with Gasteiger partial charge in [-0.3, -0.25) is 9.78 Å². The van der Waals surface area contributed by atoms with Crippen molar-refractivity contribution < 1.29 is 13.9 Å². The van der Waals surface area contributed by atoms with Crippen LogP contribution in [0.3, 0.4) is 0 Å². The summed E-state index contributed by atoms with van der Waals surface area (Å²) in [7, 11) is 1.62. The maximum absolute atomic E-state index is 12.6. The largest absolute Gasteiger partial charge is 0.497 e. The van der Waals surface area contributed by atoms with Gasteiger partial charge in [0.25, 0.3) is 5.91 Å². The summed E-state index contributed by atoms with van der Waals surface area (Å²) in [5.41, 5.74) is 0.866. The first-order chi connectivity index (χ1) is 13.7. The zero-order valence-corrected chi connectivity index (χ0v) is 15.7. The molecule has 0 unspecified atom stereocenters. The van der Waals surface area contributed by atoms with Crippen LogP contribution in [-0.2, 0) is 0 Å². The Balaban J connectivity index is 1.42. The molecule has 28 heavy (non-hydrogen) atoms. The summed E-state index contributed by atoms with van der Waals surface area (Å²) in [5.74, 6) is 2.30. The lowest BCUT2D eigenvalue weighted by molar-refractivity contribution is 0.0906. The van der Waals surface area contributed by atoms with E-state index in [-0.39, 0.29) is 11.9 Å². The van der Waals surface area contributed by atoms with Gasteiger partial charge in [0, 0.05) is 37.1 Å². The van der Waals surface area contributed by atoms with Crippen molar-refractivity contribution in [1.82, 2.24) is 15.3 Å². The third-order valence-electron chi connectivity index (χ3n) is 4.81. The Hall–Kier alpha value is -3.35. The summed E-state index contributed by atoms with van der Waals surface area (Å²) in [6.07, 6.45) is 6.99. The van der Waals surface area contributed by atoms with Gasteiger partial charge in [-0.25, -0.2) is 4.98 Å². The molecular formula is C21H22N4O3. The summed E-state index contributed by atoms with van der Waals surface area (Å²) in [5, 5.41) is 3.08. The zero-order chi connectivity index (χ0) is 19.3. The third-order valence-corrected chi connectivity index (χ3v) is 4.81. The molecule has 0 spiro atoms. The molecule has 2 aromatic heterocycles. The third kappa shape index (κ3) is 3.98. The van der Waals surface area contributed by atoms with E-state index in [1.54, 1.807) is 37.8 Å². The summed E-state index contributed by atoms with van der Waals surface area (Å²) in [4.78, 5) is 23.3. The average Bonchev–Trinajstić information content (AvgIpc) is 3.25. The Morgan fingerprint density at radius 2 is 2.21 bits per heavy atom. The molecule has 0 aliphatic carbocycles. The molecule has 7 nitrogen and oxygen atoms in total. The van der Waals surface area contributed by atoms with Gasteiger partial charge in [-0.2, -0.15) is 0 Å². The second-order valence-corrected chi connectivity index (χ2v) is 6.72. The number of hydrogen-bond acceptors (Lipinski definition) is 6. The van der Waals surface area contributed by atoms with Crippen LogP contribution in [0.1, 0.15) is 23.4 Å². The van der Waals surface area contributed by atoms with Crippen LogP contribution in [0.15, 0.2) is 59.4 Å². The first kappa shape index (κ1) is 18.0. The van der Waals surface area contributed by atoms with Crippen molar-refractivity contribution in [3.63, 3.8) is 0 Å². The molecule has 1 aromatic carbocycles. The van der Waals surface area contributed by atoms with Crippen molar-refractivity contribution in [2.45, 2.75) is 18.9 Å². The topological polar surface area (TPSA) is 80.5 Å². The van der Waals surface area contributed by atoms with Gasteiger partial charge in [-0.05, 0) is 37.1 Å². The van der Waals surface area contributed by atoms with Crippen molar-refractivity contribution >= 4 is 11.7 Å². The van der Waals surface area contributed by atoms with Gasteiger partial charge < -0.3 is 19.4 Å². The first-order valence-corrected chi connectivity index (χ1v) is 9.29. The number of nitrogens with zero attached hydrogens (tertiary/aromatic N) is 3. The van der Waals surface area contributed by atoms with E-state index in [1.165, 1.54) is 0 Å². The summed E-state index contributed by atoms with van der Waals surface area (Å²) >= 11 is 0. The predicted molar refractivity (Wildman–Crippen MR) is 105 cm³/mol. The Kier molecular flexibility index (Phi) is 5.23. The number of amides is 1. The van der Waals surface area contributed by atoms with E-state index in [0.29, 0.717) is 18.1 Å². The highest BCUT2D eigenvalue weighted by molar-refractivity contribution is 5.92. The molecule has 1 aliphatic rings. The van der Waals surface area contributed by atoms with Crippen LogP contribution in [0.2, 0.25) is 0 Å². The molecule has 3 heterocycles. The van der Waals surface area contributed by atoms with Gasteiger partial charge in [0.15, 0.2) is 5.76 Å². The molecule has 1 saturated heterocycles. The van der Waals surface area contributed by atoms with Crippen molar-refractivity contribution in [2.24, 2.45) is 0 Å². The maximum atomic E-state index is 12.6. The van der Waals surface area contributed by atoms with Gasteiger partial charge in [0.1, 0.15) is 17.3 Å². The highest BCUT2D eigenvalue weighted by atomic mass is 16.5. The lowest BCUT2D eigenvalue weighted by atomic mass is 10.1. The summed E-state index contributed by atoms with van der Waals surface area (Å²) < 4.78 is 11.0. The monoisotopic (exact) mass is 378 g/mol. The number of carbonyl (C=O) groups excluding carboxylic acids is 1. The second kappa shape index (κ2) is 8.12. The SMILES string of the molecule is COc1cccc(-c2ccc(C(=O)N[C@H]3CCCN(c4cnccn4)C3)o2)c1. The number of rotatable bonds is 5. The Labute approximate surface area is 163 Å². The number of nitrogens with one attached hydrogen (secondary N) is 1. The van der Waals surface area contributed by atoms with Crippen LogP contribution in [0.4, 0.5) is 5.82 Å². The minimum absolute atomic E-state index is 0.0358. The molecule has 3 aromatic rings. The highest BCUT2D eigenvalue weighted by Gasteiger charge is 2.24. The number of aromatic nitrogens is 2. The lowest BCUT2D eigenvalue weighted by Gasteiger charge is -2.33. The van der Waals surface area contributed by atoms with E-state index in [2.05, 4.69) is 20.2 Å². The number of piperidine rings is 1. The fraction of sp³-hybridized carbons (Fsp3) is 0.286. The van der Waals surface area contributed by atoms with Crippen LogP contribution in [0.25, 0.3) is 11.3 Å². The molecule has 0 bridgehead atoms. The van der Waals surface area contributed by atoms with Crippen molar-refractivity contribution in [3.05, 3.63) is 60.7 Å². The number of anilines is 1. The number of furan rings is 1. The van der Waals surface area contributed by atoms with Gasteiger partial charge >= 0.3 is 0 Å². The standard InChI is InChI=1S/C21H22N4O3/c1-27-17-6-2-4-15(12-17)18-7-8-19(28-18)21(26)24-16-5-3-11-25(14-16)20-13-22-9-10-23-20/h2,4,6-10,12-13,16H,3,5,11,14H2,1H3,(H,24,26)/t16-/m0/s1. The quantitative estimate of drug-likeness (QED) is 0.735. The van der Waals surface area contributed by atoms with E-state index in [9.17, 15) is 4.79 Å². The molecule has 144 valence electrons. The van der Waals surface area contributed by atoms with E-state index in [4.69, 9.17) is 9.15 Å². The smallest absolute Gasteiger partial charge is 0.287 e. The van der Waals surface area contributed by atoms with Gasteiger partial charge in [-0.1, -0.05) is 12.1 Å². The van der Waals surface area contributed by atoms with Crippen LogP contribution >= 0.6 is 0 Å². The number of carbonyl (C=O) groups is 1. The summed E-state index contributed by atoms with van der Waals surface area (Å²) in [6.45, 7) is 1.61. The molecule has 1 amide bonds. The van der Waals surface area contributed by atoms with Crippen molar-refractivity contribution in [3.8, 4) is 17.1 Å². The number of methoxy groups -OCH3 is 1. The van der Waals surface area contributed by atoms with E-state index in [1.807, 2.05) is 24.3 Å². The molecule has 1 atom stereocenters. The van der Waals surface area contributed by atoms with Gasteiger partial charge in [-0.15, -0.1) is 0 Å². The maximum Gasteiger partial charge on any atom is 0.287 e. The average molecular weight is 378 g/mol. The van der Waals surface area contributed by atoms with E-state index in [0.717, 1.165) is 36.5 Å². The predicted octanol–water partition coefficient (Wildman–Crippen LogP) is 3.14. The van der Waals surface area contributed by atoms with Crippen LogP contribution in [0, 0.1) is 0 Å². The van der Waals surface area contributed by atoms with Crippen LogP contribution < -0.4 is 15.0 Å². The molecular weight excluding hydrogens is 356 g/mol. The number of ether oxygens (including phenoxy) is 1. The Morgan fingerprint density at radius 1 is 1.29 bits per heavy atom. The molecule has 4 rings (SSSR count). The molecule has 0 radical (unpaired) electrons. The molecule has 1 N–H and O–H groups in total. The Bertz CT molecular complexity index is 942. The fourth-order valence-corrected chi connectivity index (χ4v) is 3.41. The van der Waals surface area contributed by atoms with Crippen molar-refractivity contribution in [2.75, 3.05) is 25.1 Å². The van der Waals surface area contributed by atoms with E-state index < -0.39 is 0 Å². The Morgan fingerprint density at radius 3 is 3.04 bits per heavy atom. The molecule has 7 heteroatoms. The summed E-state index contributed by atoms with van der Waals surface area (Å²) in [6, 6.07) is 11.1. The number of benzene rings is 1. The first-order valence-electron chi connectivity index (χ1n) is 9.29.